The van der Waals surface area contributed by atoms with Crippen molar-refractivity contribution in [2.45, 2.75) is 27.2 Å². The second kappa shape index (κ2) is 3.51. The van der Waals surface area contributed by atoms with Crippen LogP contribution in [0.15, 0.2) is 17.9 Å². The molecule has 0 aliphatic carbocycles. The third-order valence-electron chi connectivity index (χ3n) is 1.02. The van der Waals surface area contributed by atoms with E-state index in [0.717, 1.165) is 12.3 Å². The van der Waals surface area contributed by atoms with E-state index in [0.29, 0.717) is 0 Å². The summed E-state index contributed by atoms with van der Waals surface area (Å²) in [4.78, 5) is 0. The molecular formula is C8H14. The largest absolute Gasteiger partial charge is 0.130 e. The molecule has 0 aromatic rings. The molecule has 0 rings (SSSR count). The van der Waals surface area contributed by atoms with Gasteiger partial charge in [0.2, 0.25) is 0 Å². The molecule has 0 amide bonds. The second-order valence-corrected chi connectivity index (χ2v) is 2.56. The summed E-state index contributed by atoms with van der Waals surface area (Å²) in [5.41, 5.74) is 4.13. The van der Waals surface area contributed by atoms with E-state index < -0.39 is 0 Å². The van der Waals surface area contributed by atoms with Crippen molar-refractivity contribution in [3.05, 3.63) is 17.9 Å². The van der Waals surface area contributed by atoms with Crippen molar-refractivity contribution in [1.82, 2.24) is 0 Å². The molecule has 0 bridgehead atoms. The van der Waals surface area contributed by atoms with Gasteiger partial charge in [-0.1, -0.05) is 20.4 Å². The van der Waals surface area contributed by atoms with Crippen LogP contribution < -0.4 is 0 Å². The van der Waals surface area contributed by atoms with Crippen molar-refractivity contribution in [3.63, 3.8) is 0 Å². The zero-order chi connectivity index (χ0) is 6.57. The smallest absolute Gasteiger partial charge is 0.0224 e. The van der Waals surface area contributed by atoms with E-state index in [1.165, 1.54) is 5.57 Å². The third kappa shape index (κ3) is 3.70. The summed E-state index contributed by atoms with van der Waals surface area (Å²) in [7, 11) is 0. The van der Waals surface area contributed by atoms with Gasteiger partial charge in [0.1, 0.15) is 0 Å². The number of rotatable bonds is 2. The first-order chi connectivity index (χ1) is 3.66. The van der Waals surface area contributed by atoms with Crippen molar-refractivity contribution >= 4 is 0 Å². The Morgan fingerprint density at radius 1 is 1.62 bits per heavy atom. The lowest BCUT2D eigenvalue weighted by Gasteiger charge is -1.99. The average Bonchev–Trinajstić information content (AvgIpc) is 1.65. The summed E-state index contributed by atoms with van der Waals surface area (Å²) in [6, 6.07) is 0. The van der Waals surface area contributed by atoms with Crippen LogP contribution in [0.25, 0.3) is 0 Å². The van der Waals surface area contributed by atoms with Crippen molar-refractivity contribution in [2.24, 2.45) is 5.92 Å². The summed E-state index contributed by atoms with van der Waals surface area (Å²) in [6.07, 6.45) is 1.13. The minimum absolute atomic E-state index is 0.740. The summed E-state index contributed by atoms with van der Waals surface area (Å²) < 4.78 is 0. The Hall–Kier alpha value is -0.480. The summed E-state index contributed by atoms with van der Waals surface area (Å²) in [6.45, 7) is 10.0. The molecule has 0 nitrogen and oxygen atoms in total. The Kier molecular flexibility index (Phi) is 3.30. The van der Waals surface area contributed by atoms with Crippen LogP contribution in [0.3, 0.4) is 0 Å². The zero-order valence-electron chi connectivity index (χ0n) is 5.99. The van der Waals surface area contributed by atoms with Crippen LogP contribution in [0.1, 0.15) is 27.2 Å². The molecule has 0 spiro atoms. The highest BCUT2D eigenvalue weighted by atomic mass is 14.0. The SMILES string of the molecule is C=C=C(C)CC(C)C. The highest BCUT2D eigenvalue weighted by Gasteiger charge is 1.91. The lowest BCUT2D eigenvalue weighted by molar-refractivity contribution is 0.643. The summed E-state index contributed by atoms with van der Waals surface area (Å²) in [5, 5.41) is 0. The Labute approximate surface area is 51.9 Å². The second-order valence-electron chi connectivity index (χ2n) is 2.56. The van der Waals surface area contributed by atoms with Crippen LogP contribution in [-0.4, -0.2) is 0 Å². The van der Waals surface area contributed by atoms with Crippen molar-refractivity contribution in [2.75, 3.05) is 0 Å². The average molecular weight is 110 g/mol. The Morgan fingerprint density at radius 2 is 2.12 bits per heavy atom. The Morgan fingerprint density at radius 3 is 2.25 bits per heavy atom. The van der Waals surface area contributed by atoms with Crippen LogP contribution >= 0.6 is 0 Å². The van der Waals surface area contributed by atoms with Gasteiger partial charge in [-0.15, -0.1) is 5.73 Å². The van der Waals surface area contributed by atoms with Crippen LogP contribution in [-0.2, 0) is 0 Å². The van der Waals surface area contributed by atoms with E-state index >= 15 is 0 Å². The van der Waals surface area contributed by atoms with Gasteiger partial charge >= 0.3 is 0 Å². The minimum atomic E-state index is 0.740. The third-order valence-corrected chi connectivity index (χ3v) is 1.02. The lowest BCUT2D eigenvalue weighted by atomic mass is 10.1. The molecule has 0 aromatic carbocycles. The van der Waals surface area contributed by atoms with E-state index in [2.05, 4.69) is 33.1 Å². The van der Waals surface area contributed by atoms with Crippen LogP contribution in [0.2, 0.25) is 0 Å². The monoisotopic (exact) mass is 110 g/mol. The molecule has 0 radical (unpaired) electrons. The molecule has 0 aliphatic heterocycles. The standard InChI is InChI=1S/C8H14/c1-5-8(4)6-7(2)3/h7H,1,6H2,2-4H3. The van der Waals surface area contributed by atoms with Gasteiger partial charge in [-0.05, 0) is 24.8 Å². The molecule has 0 aliphatic rings. The Bertz CT molecular complexity index is 103. The van der Waals surface area contributed by atoms with E-state index in [4.69, 9.17) is 0 Å². The molecule has 0 N–H and O–H groups in total. The fourth-order valence-corrected chi connectivity index (χ4v) is 0.685. The van der Waals surface area contributed by atoms with Crippen LogP contribution in [0.4, 0.5) is 0 Å². The molecule has 0 unspecified atom stereocenters. The molecule has 0 saturated carbocycles. The maximum atomic E-state index is 3.55. The van der Waals surface area contributed by atoms with Crippen molar-refractivity contribution in [3.8, 4) is 0 Å². The zero-order valence-corrected chi connectivity index (χ0v) is 5.99. The summed E-state index contributed by atoms with van der Waals surface area (Å²) in [5.74, 6) is 0.740. The van der Waals surface area contributed by atoms with E-state index in [1.54, 1.807) is 0 Å². The topological polar surface area (TPSA) is 0 Å². The fraction of sp³-hybridized carbons (Fsp3) is 0.625. The molecule has 0 heteroatoms. The van der Waals surface area contributed by atoms with E-state index in [1.807, 2.05) is 0 Å². The van der Waals surface area contributed by atoms with E-state index in [-0.39, 0.29) is 0 Å². The van der Waals surface area contributed by atoms with Gasteiger partial charge in [0, 0.05) is 0 Å². The lowest BCUT2D eigenvalue weighted by Crippen LogP contribution is -1.85. The molecule has 46 valence electrons. The van der Waals surface area contributed by atoms with Gasteiger partial charge in [-0.3, -0.25) is 0 Å². The van der Waals surface area contributed by atoms with Gasteiger partial charge in [-0.2, -0.15) is 0 Å². The molecule has 0 fully saturated rings. The minimum Gasteiger partial charge on any atom is -0.130 e. The fourth-order valence-electron chi connectivity index (χ4n) is 0.685. The summed E-state index contributed by atoms with van der Waals surface area (Å²) >= 11 is 0. The maximum Gasteiger partial charge on any atom is -0.0224 e. The van der Waals surface area contributed by atoms with Crippen LogP contribution in [0.5, 0.6) is 0 Å². The van der Waals surface area contributed by atoms with E-state index in [9.17, 15) is 0 Å². The maximum absolute atomic E-state index is 3.55. The first kappa shape index (κ1) is 7.52. The molecule has 0 atom stereocenters. The van der Waals surface area contributed by atoms with Gasteiger partial charge in [0.15, 0.2) is 0 Å². The Balaban J connectivity index is 3.56. The van der Waals surface area contributed by atoms with Crippen molar-refractivity contribution in [1.29, 1.82) is 0 Å². The first-order valence-corrected chi connectivity index (χ1v) is 3.02. The highest BCUT2D eigenvalue weighted by molar-refractivity contribution is 4.94. The first-order valence-electron chi connectivity index (χ1n) is 3.02. The predicted molar refractivity (Wildman–Crippen MR) is 37.8 cm³/mol. The number of allylic oxidation sites excluding steroid dienone is 1. The van der Waals surface area contributed by atoms with Crippen molar-refractivity contribution < 1.29 is 0 Å². The molecule has 0 saturated heterocycles. The van der Waals surface area contributed by atoms with Gasteiger partial charge in [0.05, 0.1) is 0 Å². The predicted octanol–water partition coefficient (Wildman–Crippen LogP) is 2.76. The van der Waals surface area contributed by atoms with Gasteiger partial charge in [-0.25, -0.2) is 0 Å². The highest BCUT2D eigenvalue weighted by Crippen LogP contribution is 2.06. The molecule has 0 heterocycles. The molecular weight excluding hydrogens is 96.1 g/mol. The quantitative estimate of drug-likeness (QED) is 0.479. The number of hydrogen-bond acceptors (Lipinski definition) is 0. The molecule has 8 heavy (non-hydrogen) atoms. The normalized spacial score (nSPS) is 9.00. The van der Waals surface area contributed by atoms with Gasteiger partial charge < -0.3 is 0 Å². The number of hydrogen-bond donors (Lipinski definition) is 0. The van der Waals surface area contributed by atoms with Crippen LogP contribution in [0, 0.1) is 5.92 Å². The molecule has 0 aromatic heterocycles. The van der Waals surface area contributed by atoms with Gasteiger partial charge in [0.25, 0.3) is 0 Å².